The number of hydrogen-bond donors (Lipinski definition) is 2. The molecule has 1 saturated heterocycles. The van der Waals surface area contributed by atoms with E-state index < -0.39 is 5.63 Å². The van der Waals surface area contributed by atoms with Crippen molar-refractivity contribution in [1.82, 2.24) is 10.6 Å². The van der Waals surface area contributed by atoms with E-state index in [9.17, 15) is 9.59 Å². The Bertz CT molecular complexity index is 862. The summed E-state index contributed by atoms with van der Waals surface area (Å²) in [6, 6.07) is 10.1. The smallest absolute Gasteiger partial charge is 0.349 e. The van der Waals surface area contributed by atoms with E-state index in [0.717, 1.165) is 38.8 Å². The van der Waals surface area contributed by atoms with Crippen LogP contribution in [0.4, 0.5) is 0 Å². The number of fused-ring (bicyclic) bond motifs is 1. The highest BCUT2D eigenvalue weighted by Crippen LogP contribution is 2.24. The Labute approximate surface area is 165 Å². The van der Waals surface area contributed by atoms with Gasteiger partial charge in [-0.25, -0.2) is 4.79 Å². The Morgan fingerprint density at radius 3 is 2.52 bits per heavy atom. The number of piperidine rings is 1. The van der Waals surface area contributed by atoms with E-state index in [-0.39, 0.29) is 35.8 Å². The van der Waals surface area contributed by atoms with E-state index in [1.165, 1.54) is 11.1 Å². The minimum atomic E-state index is -0.529. The van der Waals surface area contributed by atoms with Crippen LogP contribution in [0.15, 0.2) is 39.5 Å². The first kappa shape index (κ1) is 19.6. The number of amides is 1. The molecule has 2 N–H and O–H groups in total. The van der Waals surface area contributed by atoms with Gasteiger partial charge in [0.15, 0.2) is 0 Å². The van der Waals surface area contributed by atoms with E-state index in [1.54, 1.807) is 0 Å². The summed E-state index contributed by atoms with van der Waals surface area (Å²) in [6.07, 6.45) is 3.68. The van der Waals surface area contributed by atoms with Crippen molar-refractivity contribution in [2.45, 2.75) is 44.6 Å². The SMILES string of the molecule is Cc1cc(C2CCCNC2)oc(=O)c1C(=O)NC1Cc2ccccc2C1.Cl. The van der Waals surface area contributed by atoms with Crippen LogP contribution >= 0.6 is 12.4 Å². The van der Waals surface area contributed by atoms with Crippen LogP contribution in [0.3, 0.4) is 0 Å². The van der Waals surface area contributed by atoms with Gasteiger partial charge in [0.2, 0.25) is 0 Å². The van der Waals surface area contributed by atoms with Crippen LogP contribution in [0.25, 0.3) is 0 Å². The summed E-state index contributed by atoms with van der Waals surface area (Å²) in [5.74, 6) is 0.559. The van der Waals surface area contributed by atoms with Crippen LogP contribution in [0.5, 0.6) is 0 Å². The predicted octanol–water partition coefficient (Wildman–Crippen LogP) is 2.73. The molecule has 2 aromatic rings. The Morgan fingerprint density at radius 2 is 1.93 bits per heavy atom. The number of carbonyl (C=O) groups excluding carboxylic acids is 1. The normalized spacial score (nSPS) is 19.2. The van der Waals surface area contributed by atoms with Crippen molar-refractivity contribution in [3.63, 3.8) is 0 Å². The van der Waals surface area contributed by atoms with Crippen molar-refractivity contribution in [3.8, 4) is 0 Å². The molecule has 0 spiro atoms. The van der Waals surface area contributed by atoms with Gasteiger partial charge in [-0.2, -0.15) is 0 Å². The average Bonchev–Trinajstić information content (AvgIpc) is 3.04. The molecule has 1 aromatic heterocycles. The number of halogens is 1. The van der Waals surface area contributed by atoms with Crippen LogP contribution in [-0.2, 0) is 12.8 Å². The summed E-state index contributed by atoms with van der Waals surface area (Å²) < 4.78 is 5.52. The summed E-state index contributed by atoms with van der Waals surface area (Å²) in [6.45, 7) is 3.63. The van der Waals surface area contributed by atoms with Gasteiger partial charge in [0, 0.05) is 18.5 Å². The highest BCUT2D eigenvalue weighted by atomic mass is 35.5. The van der Waals surface area contributed by atoms with Crippen molar-refractivity contribution in [2.75, 3.05) is 13.1 Å². The van der Waals surface area contributed by atoms with Crippen LogP contribution in [0.1, 0.15) is 51.6 Å². The lowest BCUT2D eigenvalue weighted by molar-refractivity contribution is 0.0933. The lowest BCUT2D eigenvalue weighted by Gasteiger charge is -2.22. The molecule has 1 amide bonds. The quantitative estimate of drug-likeness (QED) is 0.848. The molecule has 144 valence electrons. The number of rotatable bonds is 3. The molecule has 2 aliphatic rings. The van der Waals surface area contributed by atoms with Gasteiger partial charge < -0.3 is 15.1 Å². The molecule has 0 bridgehead atoms. The third-order valence-electron chi connectivity index (χ3n) is 5.48. The first-order chi connectivity index (χ1) is 12.6. The van der Waals surface area contributed by atoms with Gasteiger partial charge in [0.25, 0.3) is 5.91 Å². The van der Waals surface area contributed by atoms with Crippen molar-refractivity contribution < 1.29 is 9.21 Å². The zero-order valence-corrected chi connectivity index (χ0v) is 16.2. The van der Waals surface area contributed by atoms with Crippen LogP contribution in [0.2, 0.25) is 0 Å². The fourth-order valence-corrected chi connectivity index (χ4v) is 4.12. The molecule has 5 nitrogen and oxygen atoms in total. The Balaban J connectivity index is 0.00000210. The Morgan fingerprint density at radius 1 is 1.22 bits per heavy atom. The number of benzene rings is 1. The summed E-state index contributed by atoms with van der Waals surface area (Å²) in [4.78, 5) is 25.2. The van der Waals surface area contributed by atoms with Crippen molar-refractivity contribution in [3.05, 3.63) is 68.8 Å². The van der Waals surface area contributed by atoms with Gasteiger partial charge in [-0.3, -0.25) is 4.79 Å². The Kier molecular flexibility index (Phi) is 6.02. The maximum Gasteiger partial charge on any atom is 0.349 e. The first-order valence-electron chi connectivity index (χ1n) is 9.35. The number of aryl methyl sites for hydroxylation is 1. The lowest BCUT2D eigenvalue weighted by Crippen LogP contribution is -2.38. The lowest BCUT2D eigenvalue weighted by atomic mass is 9.95. The molecular weight excluding hydrogens is 364 g/mol. The first-order valence-corrected chi connectivity index (χ1v) is 9.35. The number of hydrogen-bond acceptors (Lipinski definition) is 4. The summed E-state index contributed by atoms with van der Waals surface area (Å²) in [7, 11) is 0. The van der Waals surface area contributed by atoms with Crippen molar-refractivity contribution in [1.29, 1.82) is 0 Å². The molecule has 2 heterocycles. The highest BCUT2D eigenvalue weighted by Gasteiger charge is 2.26. The maximum atomic E-state index is 12.7. The van der Waals surface area contributed by atoms with Gasteiger partial charge in [-0.1, -0.05) is 24.3 Å². The van der Waals surface area contributed by atoms with E-state index in [2.05, 4.69) is 22.8 Å². The van der Waals surface area contributed by atoms with Crippen LogP contribution in [-0.4, -0.2) is 25.0 Å². The molecule has 1 aromatic carbocycles. The molecular formula is C21H25ClN2O3. The molecule has 1 aliphatic carbocycles. The highest BCUT2D eigenvalue weighted by molar-refractivity contribution is 5.95. The molecule has 1 fully saturated rings. The van der Waals surface area contributed by atoms with Gasteiger partial charge in [0.05, 0.1) is 0 Å². The predicted molar refractivity (Wildman–Crippen MR) is 107 cm³/mol. The van der Waals surface area contributed by atoms with Gasteiger partial charge in [-0.05, 0) is 61.9 Å². The minimum absolute atomic E-state index is 0. The largest absolute Gasteiger partial charge is 0.427 e. The number of nitrogens with one attached hydrogen (secondary N) is 2. The van der Waals surface area contributed by atoms with E-state index in [1.807, 2.05) is 25.1 Å². The zero-order chi connectivity index (χ0) is 18.1. The van der Waals surface area contributed by atoms with Crippen LogP contribution < -0.4 is 16.3 Å². The van der Waals surface area contributed by atoms with Crippen molar-refractivity contribution in [2.24, 2.45) is 0 Å². The van der Waals surface area contributed by atoms with Gasteiger partial charge in [-0.15, -0.1) is 12.4 Å². The maximum absolute atomic E-state index is 12.7. The zero-order valence-electron chi connectivity index (χ0n) is 15.4. The third-order valence-corrected chi connectivity index (χ3v) is 5.48. The standard InChI is InChI=1S/C21H24N2O3.ClH/c1-13-9-18(16-7-4-8-22-12-16)26-21(25)19(13)20(24)23-17-10-14-5-2-3-6-15(14)11-17;/h2-3,5-6,9,16-17,22H,4,7-8,10-12H2,1H3,(H,23,24);1H. The molecule has 0 radical (unpaired) electrons. The van der Waals surface area contributed by atoms with Gasteiger partial charge >= 0.3 is 5.63 Å². The minimum Gasteiger partial charge on any atom is -0.427 e. The van der Waals surface area contributed by atoms with E-state index in [0.29, 0.717) is 11.3 Å². The third kappa shape index (κ3) is 4.09. The fraction of sp³-hybridized carbons (Fsp3) is 0.429. The Hall–Kier alpha value is -2.11. The summed E-state index contributed by atoms with van der Waals surface area (Å²) >= 11 is 0. The summed E-state index contributed by atoms with van der Waals surface area (Å²) in [5.41, 5.74) is 2.82. The van der Waals surface area contributed by atoms with Crippen molar-refractivity contribution >= 4 is 18.3 Å². The second kappa shape index (κ2) is 8.28. The van der Waals surface area contributed by atoms with Crippen LogP contribution in [0, 0.1) is 6.92 Å². The average molecular weight is 389 g/mol. The molecule has 27 heavy (non-hydrogen) atoms. The molecule has 0 saturated carbocycles. The second-order valence-corrected chi connectivity index (χ2v) is 7.38. The molecule has 4 rings (SSSR count). The fourth-order valence-electron chi connectivity index (χ4n) is 4.12. The summed E-state index contributed by atoms with van der Waals surface area (Å²) in [5, 5.41) is 6.34. The van der Waals surface area contributed by atoms with E-state index >= 15 is 0 Å². The second-order valence-electron chi connectivity index (χ2n) is 7.38. The number of carbonyl (C=O) groups is 1. The monoisotopic (exact) mass is 388 g/mol. The van der Waals surface area contributed by atoms with E-state index in [4.69, 9.17) is 4.42 Å². The van der Waals surface area contributed by atoms with Gasteiger partial charge in [0.1, 0.15) is 11.3 Å². The molecule has 6 heteroatoms. The molecule has 1 atom stereocenters. The molecule has 1 unspecified atom stereocenters. The molecule has 1 aliphatic heterocycles. The topological polar surface area (TPSA) is 71.3 Å².